The summed E-state index contributed by atoms with van der Waals surface area (Å²) in [6, 6.07) is 15.8. The van der Waals surface area contributed by atoms with Crippen LogP contribution < -0.4 is 16.2 Å². The van der Waals surface area contributed by atoms with Crippen LogP contribution in [-0.4, -0.2) is 17.9 Å². The first-order chi connectivity index (χ1) is 10.6. The Morgan fingerprint density at radius 3 is 2.41 bits per heavy atom. The molecule has 1 fully saturated rings. The Labute approximate surface area is 128 Å². The van der Waals surface area contributed by atoms with E-state index in [0.29, 0.717) is 5.56 Å². The summed E-state index contributed by atoms with van der Waals surface area (Å²) in [5.41, 5.74) is 8.14. The van der Waals surface area contributed by atoms with Crippen molar-refractivity contribution in [2.45, 2.75) is 19.0 Å². The third kappa shape index (κ3) is 2.84. The predicted molar refractivity (Wildman–Crippen MR) is 82.9 cm³/mol. The Bertz CT molecular complexity index is 683. The van der Waals surface area contributed by atoms with Crippen LogP contribution in [0.3, 0.4) is 0 Å². The number of carbonyl (C=O) groups is 2. The average Bonchev–Trinajstić information content (AvgIpc) is 2.90. The minimum atomic E-state index is -0.643. The number of hydrogen-bond donors (Lipinski definition) is 3. The van der Waals surface area contributed by atoms with Gasteiger partial charge in [0.05, 0.1) is 6.04 Å². The van der Waals surface area contributed by atoms with Crippen LogP contribution in [0.5, 0.6) is 0 Å². The van der Waals surface area contributed by atoms with Gasteiger partial charge in [0.1, 0.15) is 6.04 Å². The number of amides is 2. The molecule has 3 rings (SSSR count). The second-order valence-electron chi connectivity index (χ2n) is 5.34. The Balaban J connectivity index is 1.79. The Kier molecular flexibility index (Phi) is 3.89. The number of hydrogen-bond acceptors (Lipinski definition) is 3. The second kappa shape index (κ2) is 5.99. The van der Waals surface area contributed by atoms with E-state index in [1.165, 1.54) is 0 Å². The van der Waals surface area contributed by atoms with E-state index in [0.717, 1.165) is 11.1 Å². The van der Waals surface area contributed by atoms with Gasteiger partial charge in [-0.25, -0.2) is 5.43 Å². The zero-order valence-electron chi connectivity index (χ0n) is 12.2. The molecular formula is C17H17N3O2. The van der Waals surface area contributed by atoms with E-state index in [9.17, 15) is 9.59 Å². The monoisotopic (exact) mass is 295 g/mol. The smallest absolute Gasteiger partial charge is 0.258 e. The Morgan fingerprint density at radius 2 is 1.73 bits per heavy atom. The number of rotatable bonds is 3. The minimum Gasteiger partial charge on any atom is -0.338 e. The van der Waals surface area contributed by atoms with Crippen molar-refractivity contribution in [3.8, 4) is 0 Å². The lowest BCUT2D eigenvalue weighted by Crippen LogP contribution is -2.42. The molecule has 0 aromatic heterocycles. The quantitative estimate of drug-likeness (QED) is 0.803. The third-order valence-electron chi connectivity index (χ3n) is 3.73. The van der Waals surface area contributed by atoms with Crippen LogP contribution in [0.25, 0.3) is 0 Å². The van der Waals surface area contributed by atoms with E-state index < -0.39 is 6.04 Å². The fourth-order valence-corrected chi connectivity index (χ4v) is 2.47. The molecule has 3 N–H and O–H groups in total. The van der Waals surface area contributed by atoms with Crippen LogP contribution in [-0.2, 0) is 4.79 Å². The van der Waals surface area contributed by atoms with Gasteiger partial charge in [-0.15, -0.1) is 0 Å². The van der Waals surface area contributed by atoms with Gasteiger partial charge in [-0.2, -0.15) is 0 Å². The molecule has 2 aromatic rings. The van der Waals surface area contributed by atoms with E-state index in [1.54, 1.807) is 24.3 Å². The SMILES string of the molecule is Cc1ccc([C@@H]2NNC(=O)[C@@H]2NC(=O)c2ccccc2)cc1. The van der Waals surface area contributed by atoms with E-state index in [4.69, 9.17) is 0 Å². The van der Waals surface area contributed by atoms with Crippen LogP contribution in [0.4, 0.5) is 0 Å². The summed E-state index contributed by atoms with van der Waals surface area (Å²) in [6.45, 7) is 2.00. The van der Waals surface area contributed by atoms with Crippen LogP contribution in [0.1, 0.15) is 27.5 Å². The van der Waals surface area contributed by atoms with Gasteiger partial charge < -0.3 is 5.32 Å². The molecule has 0 unspecified atom stereocenters. The molecule has 1 aliphatic rings. The normalized spacial score (nSPS) is 20.5. The lowest BCUT2D eigenvalue weighted by Gasteiger charge is -2.18. The largest absolute Gasteiger partial charge is 0.338 e. The summed E-state index contributed by atoms with van der Waals surface area (Å²) in [5, 5.41) is 2.79. The summed E-state index contributed by atoms with van der Waals surface area (Å²) in [6.07, 6.45) is 0. The number of nitrogens with one attached hydrogen (secondary N) is 3. The van der Waals surface area contributed by atoms with Crippen molar-refractivity contribution in [3.63, 3.8) is 0 Å². The van der Waals surface area contributed by atoms with Gasteiger partial charge in [-0.3, -0.25) is 15.0 Å². The molecule has 2 aromatic carbocycles. The minimum absolute atomic E-state index is 0.241. The van der Waals surface area contributed by atoms with Crippen LogP contribution in [0.15, 0.2) is 54.6 Å². The summed E-state index contributed by atoms with van der Waals surface area (Å²) in [5.74, 6) is -0.503. The van der Waals surface area contributed by atoms with Gasteiger partial charge in [0.2, 0.25) is 0 Å². The van der Waals surface area contributed by atoms with Crippen molar-refractivity contribution in [2.24, 2.45) is 0 Å². The van der Waals surface area contributed by atoms with Gasteiger partial charge in [0.25, 0.3) is 11.8 Å². The van der Waals surface area contributed by atoms with Crippen molar-refractivity contribution in [1.29, 1.82) is 0 Å². The molecular weight excluding hydrogens is 278 g/mol. The number of carbonyl (C=O) groups excluding carboxylic acids is 2. The molecule has 0 bridgehead atoms. The van der Waals surface area contributed by atoms with Crippen molar-refractivity contribution in [3.05, 3.63) is 71.3 Å². The molecule has 2 amide bonds. The van der Waals surface area contributed by atoms with E-state index in [2.05, 4.69) is 16.2 Å². The maximum absolute atomic E-state index is 12.3. The highest BCUT2D eigenvalue weighted by atomic mass is 16.2. The fourth-order valence-electron chi connectivity index (χ4n) is 2.47. The molecule has 1 aliphatic heterocycles. The summed E-state index contributed by atoms with van der Waals surface area (Å²) < 4.78 is 0. The molecule has 22 heavy (non-hydrogen) atoms. The van der Waals surface area contributed by atoms with Crippen molar-refractivity contribution in [2.75, 3.05) is 0 Å². The zero-order chi connectivity index (χ0) is 15.5. The molecule has 112 valence electrons. The number of hydrazine groups is 1. The lowest BCUT2D eigenvalue weighted by molar-refractivity contribution is -0.121. The van der Waals surface area contributed by atoms with Gasteiger partial charge in [0.15, 0.2) is 0 Å². The van der Waals surface area contributed by atoms with Crippen molar-refractivity contribution in [1.82, 2.24) is 16.2 Å². The fraction of sp³-hybridized carbons (Fsp3) is 0.176. The average molecular weight is 295 g/mol. The number of benzene rings is 2. The van der Waals surface area contributed by atoms with E-state index in [-0.39, 0.29) is 17.9 Å². The van der Waals surface area contributed by atoms with Gasteiger partial charge in [-0.1, -0.05) is 48.0 Å². The first kappa shape index (κ1) is 14.3. The van der Waals surface area contributed by atoms with E-state index >= 15 is 0 Å². The highest BCUT2D eigenvalue weighted by Crippen LogP contribution is 2.21. The van der Waals surface area contributed by atoms with Crippen LogP contribution in [0, 0.1) is 6.92 Å². The molecule has 0 spiro atoms. The first-order valence-electron chi connectivity index (χ1n) is 7.13. The maximum atomic E-state index is 12.3. The Hall–Kier alpha value is -2.66. The molecule has 1 heterocycles. The molecule has 2 atom stereocenters. The predicted octanol–water partition coefficient (Wildman–Crippen LogP) is 1.47. The first-order valence-corrected chi connectivity index (χ1v) is 7.13. The molecule has 0 radical (unpaired) electrons. The summed E-state index contributed by atoms with van der Waals surface area (Å²) in [4.78, 5) is 24.3. The molecule has 1 saturated heterocycles. The van der Waals surface area contributed by atoms with Crippen LogP contribution in [0.2, 0.25) is 0 Å². The van der Waals surface area contributed by atoms with Gasteiger partial charge >= 0.3 is 0 Å². The van der Waals surface area contributed by atoms with Gasteiger partial charge in [-0.05, 0) is 24.6 Å². The Morgan fingerprint density at radius 1 is 1.05 bits per heavy atom. The lowest BCUT2D eigenvalue weighted by atomic mass is 9.99. The highest BCUT2D eigenvalue weighted by Gasteiger charge is 2.36. The number of aryl methyl sites for hydroxylation is 1. The topological polar surface area (TPSA) is 70.2 Å². The van der Waals surface area contributed by atoms with Crippen molar-refractivity contribution < 1.29 is 9.59 Å². The summed E-state index contributed by atoms with van der Waals surface area (Å²) in [7, 11) is 0. The zero-order valence-corrected chi connectivity index (χ0v) is 12.2. The third-order valence-corrected chi connectivity index (χ3v) is 3.73. The summed E-state index contributed by atoms with van der Waals surface area (Å²) >= 11 is 0. The molecule has 0 aliphatic carbocycles. The second-order valence-corrected chi connectivity index (χ2v) is 5.34. The van der Waals surface area contributed by atoms with Crippen LogP contribution >= 0.6 is 0 Å². The highest BCUT2D eigenvalue weighted by molar-refractivity contribution is 5.98. The standard InChI is InChI=1S/C17H17N3O2/c1-11-7-9-12(10-8-11)14-15(17(22)20-19-14)18-16(21)13-5-3-2-4-6-13/h2-10,14-15,19H,1H3,(H,18,21)(H,20,22)/t14-,15+/m0/s1. The maximum Gasteiger partial charge on any atom is 0.258 e. The molecule has 5 heteroatoms. The van der Waals surface area contributed by atoms with Crippen molar-refractivity contribution >= 4 is 11.8 Å². The molecule has 5 nitrogen and oxygen atoms in total. The van der Waals surface area contributed by atoms with Gasteiger partial charge in [0, 0.05) is 5.56 Å². The molecule has 0 saturated carbocycles. The van der Waals surface area contributed by atoms with E-state index in [1.807, 2.05) is 37.3 Å².